The van der Waals surface area contributed by atoms with E-state index in [-0.39, 0.29) is 0 Å². The molecule has 0 unspecified atom stereocenters. The van der Waals surface area contributed by atoms with Crippen LogP contribution in [0.4, 0.5) is 0 Å². The van der Waals surface area contributed by atoms with Crippen LogP contribution in [-0.4, -0.2) is 48.2 Å². The maximum Gasteiger partial charge on any atom is 0.394 e. The molecule has 6 heteroatoms. The molecule has 0 heterocycles. The van der Waals surface area contributed by atoms with Gasteiger partial charge in [-0.15, -0.1) is 0 Å². The summed E-state index contributed by atoms with van der Waals surface area (Å²) in [4.78, 5) is 0. The molecule has 0 rings (SSSR count). The molecule has 2 N–H and O–H groups in total. The third-order valence-corrected chi connectivity index (χ3v) is 2.79. The van der Waals surface area contributed by atoms with Crippen molar-refractivity contribution >= 4 is 10.4 Å². The van der Waals surface area contributed by atoms with Gasteiger partial charge in [0.05, 0.1) is 26.2 Å². The molecule has 0 spiro atoms. The maximum absolute atomic E-state index is 8.74. The molecular weight excluding hydrogens is 254 g/mol. The summed E-state index contributed by atoms with van der Waals surface area (Å²) in [6, 6.07) is 0. The van der Waals surface area contributed by atoms with Gasteiger partial charge >= 0.3 is 10.4 Å². The SMILES string of the molecule is CCC[N+](CCC)(CCC)CCC.O=S(=O)(O)O. The highest BCUT2D eigenvalue weighted by Crippen LogP contribution is 2.12. The van der Waals surface area contributed by atoms with Crippen LogP contribution in [0, 0.1) is 0 Å². The minimum atomic E-state index is -4.67. The lowest BCUT2D eigenvalue weighted by Gasteiger charge is -2.38. The second-order valence-corrected chi connectivity index (χ2v) is 5.58. The van der Waals surface area contributed by atoms with E-state index < -0.39 is 10.4 Å². The molecule has 0 aliphatic rings. The van der Waals surface area contributed by atoms with Gasteiger partial charge in [0.1, 0.15) is 0 Å². The maximum atomic E-state index is 8.74. The summed E-state index contributed by atoms with van der Waals surface area (Å²) in [6.45, 7) is 14.8. The van der Waals surface area contributed by atoms with E-state index in [0.29, 0.717) is 0 Å². The molecule has 0 aromatic carbocycles. The summed E-state index contributed by atoms with van der Waals surface area (Å²) < 4.78 is 33.0. The molecule has 0 aromatic heterocycles. The third-order valence-electron chi connectivity index (χ3n) is 2.79. The van der Waals surface area contributed by atoms with E-state index >= 15 is 0 Å². The molecule has 0 radical (unpaired) electrons. The zero-order valence-electron chi connectivity index (χ0n) is 12.2. The quantitative estimate of drug-likeness (QED) is 0.531. The Kier molecular flexibility index (Phi) is 12.0. The topological polar surface area (TPSA) is 74.6 Å². The summed E-state index contributed by atoms with van der Waals surface area (Å²) in [5, 5.41) is 0. The number of rotatable bonds is 8. The minimum absolute atomic E-state index is 1.33. The second kappa shape index (κ2) is 10.7. The van der Waals surface area contributed by atoms with Gasteiger partial charge < -0.3 is 4.48 Å². The Bertz CT molecular complexity index is 240. The van der Waals surface area contributed by atoms with Crippen molar-refractivity contribution in [3.05, 3.63) is 0 Å². The van der Waals surface area contributed by atoms with Crippen molar-refractivity contribution in [2.24, 2.45) is 0 Å². The average Bonchev–Trinajstić information content (AvgIpc) is 2.16. The smallest absolute Gasteiger partial charge is 0.324 e. The molecule has 0 bridgehead atoms. The van der Waals surface area contributed by atoms with Crippen molar-refractivity contribution in [2.75, 3.05) is 26.2 Å². The number of hydrogen-bond donors (Lipinski definition) is 2. The van der Waals surface area contributed by atoms with E-state index in [1.807, 2.05) is 0 Å². The number of nitrogens with zero attached hydrogens (tertiary/aromatic N) is 1. The first-order valence-corrected chi connectivity index (χ1v) is 8.19. The molecule has 0 fully saturated rings. The summed E-state index contributed by atoms with van der Waals surface area (Å²) >= 11 is 0. The van der Waals surface area contributed by atoms with Crippen molar-refractivity contribution in [3.8, 4) is 0 Å². The van der Waals surface area contributed by atoms with E-state index in [9.17, 15) is 0 Å². The normalized spacial score (nSPS) is 11.9. The minimum Gasteiger partial charge on any atom is -0.324 e. The van der Waals surface area contributed by atoms with E-state index in [1.165, 1.54) is 56.3 Å². The Hall–Kier alpha value is -0.170. The fraction of sp³-hybridized carbons (Fsp3) is 1.00. The van der Waals surface area contributed by atoms with Crippen molar-refractivity contribution in [1.29, 1.82) is 0 Å². The van der Waals surface area contributed by atoms with Crippen molar-refractivity contribution in [3.63, 3.8) is 0 Å². The largest absolute Gasteiger partial charge is 0.394 e. The lowest BCUT2D eigenvalue weighted by Crippen LogP contribution is -2.50. The summed E-state index contributed by atoms with van der Waals surface area (Å²) in [5.41, 5.74) is 0. The second-order valence-electron chi connectivity index (χ2n) is 4.68. The van der Waals surface area contributed by atoms with Gasteiger partial charge in [-0.05, 0) is 25.7 Å². The van der Waals surface area contributed by atoms with Crippen LogP contribution in [0.15, 0.2) is 0 Å². The Balaban J connectivity index is 0. The molecule has 0 saturated carbocycles. The highest BCUT2D eigenvalue weighted by molar-refractivity contribution is 7.79. The van der Waals surface area contributed by atoms with Gasteiger partial charge in [-0.2, -0.15) is 8.42 Å². The van der Waals surface area contributed by atoms with Gasteiger partial charge in [-0.1, -0.05) is 27.7 Å². The fourth-order valence-electron chi connectivity index (χ4n) is 2.57. The van der Waals surface area contributed by atoms with Crippen molar-refractivity contribution in [2.45, 2.75) is 53.4 Å². The highest BCUT2D eigenvalue weighted by Gasteiger charge is 2.22. The highest BCUT2D eigenvalue weighted by atomic mass is 32.3. The molecule has 0 aromatic rings. The Morgan fingerprint density at radius 3 is 1.00 bits per heavy atom. The first kappa shape index (κ1) is 20.2. The first-order chi connectivity index (χ1) is 8.24. The monoisotopic (exact) mass is 284 g/mol. The molecule has 5 nitrogen and oxygen atoms in total. The Labute approximate surface area is 112 Å². The van der Waals surface area contributed by atoms with Gasteiger partial charge in [-0.3, -0.25) is 9.11 Å². The number of quaternary nitrogens is 1. The number of hydrogen-bond acceptors (Lipinski definition) is 2. The Morgan fingerprint density at radius 1 is 0.722 bits per heavy atom. The van der Waals surface area contributed by atoms with Crippen LogP contribution >= 0.6 is 0 Å². The van der Waals surface area contributed by atoms with Gasteiger partial charge in [0.2, 0.25) is 0 Å². The zero-order chi connectivity index (χ0) is 14.7. The van der Waals surface area contributed by atoms with Crippen molar-refractivity contribution in [1.82, 2.24) is 0 Å². The van der Waals surface area contributed by atoms with Crippen LogP contribution in [-0.2, 0) is 10.4 Å². The van der Waals surface area contributed by atoms with Crippen LogP contribution in [0.25, 0.3) is 0 Å². The van der Waals surface area contributed by atoms with Crippen LogP contribution in [0.5, 0.6) is 0 Å². The van der Waals surface area contributed by atoms with E-state index in [1.54, 1.807) is 0 Å². The summed E-state index contributed by atoms with van der Waals surface area (Å²) in [5.74, 6) is 0. The van der Waals surface area contributed by atoms with Gasteiger partial charge in [-0.25, -0.2) is 0 Å². The van der Waals surface area contributed by atoms with Gasteiger partial charge in [0.15, 0.2) is 0 Å². The molecule has 112 valence electrons. The van der Waals surface area contributed by atoms with Gasteiger partial charge in [0, 0.05) is 0 Å². The molecule has 0 amide bonds. The van der Waals surface area contributed by atoms with E-state index in [4.69, 9.17) is 17.5 Å². The fourth-order valence-corrected chi connectivity index (χ4v) is 2.57. The third kappa shape index (κ3) is 13.9. The van der Waals surface area contributed by atoms with E-state index in [2.05, 4.69) is 27.7 Å². The van der Waals surface area contributed by atoms with Gasteiger partial charge in [0.25, 0.3) is 0 Å². The first-order valence-electron chi connectivity index (χ1n) is 6.79. The lowest BCUT2D eigenvalue weighted by atomic mass is 10.2. The molecule has 0 aliphatic heterocycles. The molecule has 18 heavy (non-hydrogen) atoms. The predicted molar refractivity (Wildman–Crippen MR) is 75.1 cm³/mol. The standard InChI is InChI=1S/C12H28N.H2O4S/c1-5-9-13(10-6-2,11-7-3)12-8-4;1-5(2,3)4/h5-12H2,1-4H3;(H2,1,2,3,4)/q+1;. The van der Waals surface area contributed by atoms with Crippen molar-refractivity contribution < 1.29 is 22.0 Å². The predicted octanol–water partition coefficient (Wildman–Crippen LogP) is 2.79. The molecule has 0 saturated heterocycles. The summed E-state index contributed by atoms with van der Waals surface area (Å²) in [6.07, 6.45) is 5.33. The average molecular weight is 284 g/mol. The molecule has 0 atom stereocenters. The molecular formula is C12H30NO4S+. The van der Waals surface area contributed by atoms with Crippen LogP contribution in [0.1, 0.15) is 53.4 Å². The van der Waals surface area contributed by atoms with E-state index in [0.717, 1.165) is 0 Å². The zero-order valence-corrected chi connectivity index (χ0v) is 13.0. The molecule has 0 aliphatic carbocycles. The van der Waals surface area contributed by atoms with Crippen LogP contribution in [0.2, 0.25) is 0 Å². The van der Waals surface area contributed by atoms with Crippen LogP contribution in [0.3, 0.4) is 0 Å². The lowest BCUT2D eigenvalue weighted by molar-refractivity contribution is -0.928. The van der Waals surface area contributed by atoms with Crippen LogP contribution < -0.4 is 0 Å². The summed E-state index contributed by atoms with van der Waals surface area (Å²) in [7, 11) is -4.67. The Morgan fingerprint density at radius 2 is 0.889 bits per heavy atom.